The number of benzene rings is 1. The van der Waals surface area contributed by atoms with Crippen molar-refractivity contribution in [3.63, 3.8) is 0 Å². The Hall–Kier alpha value is -1.32. The summed E-state index contributed by atoms with van der Waals surface area (Å²) in [4.78, 5) is 1.16. The van der Waals surface area contributed by atoms with Crippen LogP contribution in [0.4, 0.5) is 18.9 Å². The van der Waals surface area contributed by atoms with Gasteiger partial charge < -0.3 is 14.7 Å². The number of hydrogen-bond donors (Lipinski definition) is 1. The second-order valence-corrected chi connectivity index (χ2v) is 7.19. The summed E-state index contributed by atoms with van der Waals surface area (Å²) in [6.45, 7) is 1.43. The van der Waals surface area contributed by atoms with Crippen molar-refractivity contribution in [3.8, 4) is 0 Å². The summed E-state index contributed by atoms with van der Waals surface area (Å²) in [6, 6.07) is 4.67. The molecule has 1 heterocycles. The largest absolute Gasteiger partial charge is 0.501 e. The summed E-state index contributed by atoms with van der Waals surface area (Å²) in [5.74, 6) is 0. The van der Waals surface area contributed by atoms with Crippen molar-refractivity contribution in [1.82, 2.24) is 0 Å². The molecule has 1 fully saturated rings. The molecule has 1 aromatic carbocycles. The predicted octanol–water partition coefficient (Wildman–Crippen LogP) is 1.96. The van der Waals surface area contributed by atoms with Crippen molar-refractivity contribution in [1.29, 1.82) is 0 Å². The highest BCUT2D eigenvalue weighted by Gasteiger charge is 2.46. The highest BCUT2D eigenvalue weighted by molar-refractivity contribution is 7.92. The van der Waals surface area contributed by atoms with Gasteiger partial charge in [0.05, 0.1) is 24.2 Å². The van der Waals surface area contributed by atoms with Crippen LogP contribution in [0.25, 0.3) is 0 Å². The Kier molecular flexibility index (Phi) is 5.53. The molecule has 1 aromatic rings. The first kappa shape index (κ1) is 18.0. The minimum atomic E-state index is -5.32. The minimum Gasteiger partial charge on any atom is -0.394 e. The molecule has 0 spiro atoms. The van der Waals surface area contributed by atoms with Crippen LogP contribution in [0.3, 0.4) is 0 Å². The van der Waals surface area contributed by atoms with Crippen LogP contribution >= 0.6 is 0 Å². The Morgan fingerprint density at radius 1 is 1.26 bits per heavy atom. The highest BCUT2D eigenvalue weighted by atomic mass is 32.2. The van der Waals surface area contributed by atoms with Gasteiger partial charge in [0.2, 0.25) is 0 Å². The summed E-state index contributed by atoms with van der Waals surface area (Å²) in [6.07, 6.45) is 1.63. The smallest absolute Gasteiger partial charge is 0.394 e. The van der Waals surface area contributed by atoms with Crippen LogP contribution in [-0.4, -0.2) is 51.4 Å². The molecule has 1 N–H and O–H groups in total. The Morgan fingerprint density at radius 3 is 2.48 bits per heavy atom. The minimum absolute atomic E-state index is 0.0607. The molecule has 0 saturated carbocycles. The van der Waals surface area contributed by atoms with Gasteiger partial charge in [0.25, 0.3) is 9.84 Å². The molecule has 1 aliphatic rings. The molecular weight excluding hydrogens is 335 g/mol. The number of ether oxygens (including phenoxy) is 1. The molecular formula is C14H18F3NO4S. The highest BCUT2D eigenvalue weighted by Crippen LogP contribution is 2.31. The van der Waals surface area contributed by atoms with E-state index in [2.05, 4.69) is 0 Å². The average molecular weight is 353 g/mol. The van der Waals surface area contributed by atoms with E-state index in [1.807, 2.05) is 4.90 Å². The normalized spacial score (nSPS) is 19.8. The van der Waals surface area contributed by atoms with Crippen molar-refractivity contribution >= 4 is 15.5 Å². The fourth-order valence-electron chi connectivity index (χ4n) is 2.50. The van der Waals surface area contributed by atoms with Gasteiger partial charge in [-0.2, -0.15) is 13.2 Å². The SMILES string of the molecule is O=S(=O)(c1ccc(N2CCCC(OCCO)C2)cc1)C(F)(F)F. The number of sulfone groups is 1. The summed E-state index contributed by atoms with van der Waals surface area (Å²) in [5.41, 5.74) is -4.66. The quantitative estimate of drug-likeness (QED) is 0.877. The van der Waals surface area contributed by atoms with Gasteiger partial charge in [0.15, 0.2) is 0 Å². The first-order valence-corrected chi connectivity index (χ1v) is 8.63. The number of hydrogen-bond acceptors (Lipinski definition) is 5. The van der Waals surface area contributed by atoms with Gasteiger partial charge >= 0.3 is 5.51 Å². The maximum absolute atomic E-state index is 12.5. The number of alkyl halides is 3. The number of piperidine rings is 1. The van der Waals surface area contributed by atoms with Gasteiger partial charge in [-0.25, -0.2) is 8.42 Å². The predicted molar refractivity (Wildman–Crippen MR) is 78.0 cm³/mol. The van der Waals surface area contributed by atoms with Crippen molar-refractivity contribution in [2.75, 3.05) is 31.2 Å². The van der Waals surface area contributed by atoms with Crippen LogP contribution in [0.5, 0.6) is 0 Å². The van der Waals surface area contributed by atoms with Gasteiger partial charge in [-0.15, -0.1) is 0 Å². The molecule has 0 radical (unpaired) electrons. The van der Waals surface area contributed by atoms with Crippen molar-refractivity contribution < 1.29 is 31.4 Å². The topological polar surface area (TPSA) is 66.8 Å². The maximum Gasteiger partial charge on any atom is 0.501 e. The first-order valence-electron chi connectivity index (χ1n) is 7.14. The molecule has 9 heteroatoms. The Labute approximate surface area is 132 Å². The summed E-state index contributed by atoms with van der Waals surface area (Å²) < 4.78 is 65.7. The third-order valence-corrected chi connectivity index (χ3v) is 5.14. The van der Waals surface area contributed by atoms with Gasteiger partial charge in [-0.1, -0.05) is 0 Å². The molecule has 5 nitrogen and oxygen atoms in total. The molecule has 2 rings (SSSR count). The average Bonchev–Trinajstić information content (AvgIpc) is 2.52. The number of aliphatic hydroxyl groups is 1. The maximum atomic E-state index is 12.5. The van der Waals surface area contributed by atoms with E-state index in [4.69, 9.17) is 9.84 Å². The number of aliphatic hydroxyl groups excluding tert-OH is 1. The zero-order valence-corrected chi connectivity index (χ0v) is 13.1. The molecule has 1 unspecified atom stereocenters. The Balaban J connectivity index is 2.11. The van der Waals surface area contributed by atoms with Crippen LogP contribution < -0.4 is 4.90 Å². The monoisotopic (exact) mass is 353 g/mol. The second-order valence-electron chi connectivity index (χ2n) is 5.25. The Bertz CT molecular complexity index is 616. The Morgan fingerprint density at radius 2 is 1.91 bits per heavy atom. The van der Waals surface area contributed by atoms with E-state index in [-0.39, 0.29) is 19.3 Å². The fraction of sp³-hybridized carbons (Fsp3) is 0.571. The van der Waals surface area contributed by atoms with Crippen LogP contribution in [-0.2, 0) is 14.6 Å². The fourth-order valence-corrected chi connectivity index (χ4v) is 3.26. The van der Waals surface area contributed by atoms with Gasteiger partial charge in [0.1, 0.15) is 0 Å². The lowest BCUT2D eigenvalue weighted by Gasteiger charge is -2.34. The van der Waals surface area contributed by atoms with E-state index in [0.717, 1.165) is 25.0 Å². The molecule has 0 amide bonds. The molecule has 1 aliphatic heterocycles. The third-order valence-electron chi connectivity index (χ3n) is 3.64. The molecule has 1 atom stereocenters. The van der Waals surface area contributed by atoms with Crippen LogP contribution in [0.1, 0.15) is 12.8 Å². The lowest BCUT2D eigenvalue weighted by atomic mass is 10.1. The van der Waals surface area contributed by atoms with Crippen LogP contribution in [0.2, 0.25) is 0 Å². The van der Waals surface area contributed by atoms with Gasteiger partial charge in [-0.3, -0.25) is 0 Å². The lowest BCUT2D eigenvalue weighted by Crippen LogP contribution is -2.40. The summed E-state index contributed by atoms with van der Waals surface area (Å²) in [7, 11) is -5.32. The third kappa shape index (κ3) is 4.15. The van der Waals surface area contributed by atoms with E-state index < -0.39 is 20.2 Å². The lowest BCUT2D eigenvalue weighted by molar-refractivity contribution is -0.0436. The number of nitrogens with zero attached hydrogens (tertiary/aromatic N) is 1. The second kappa shape index (κ2) is 7.06. The molecule has 130 valence electrons. The summed E-state index contributed by atoms with van der Waals surface area (Å²) in [5, 5.41) is 8.76. The molecule has 1 saturated heterocycles. The summed E-state index contributed by atoms with van der Waals surface area (Å²) >= 11 is 0. The van der Waals surface area contributed by atoms with Crippen LogP contribution in [0, 0.1) is 0 Å². The van der Waals surface area contributed by atoms with Crippen molar-refractivity contribution in [2.45, 2.75) is 29.3 Å². The van der Waals surface area contributed by atoms with Crippen molar-refractivity contribution in [2.24, 2.45) is 0 Å². The van der Waals surface area contributed by atoms with Crippen LogP contribution in [0.15, 0.2) is 29.2 Å². The van der Waals surface area contributed by atoms with Gasteiger partial charge in [0, 0.05) is 18.8 Å². The van der Waals surface area contributed by atoms with E-state index >= 15 is 0 Å². The standard InChI is InChI=1S/C14H18F3NO4S/c15-14(16,17)23(20,21)13-5-3-11(4-6-13)18-7-1-2-12(10-18)22-9-8-19/h3-6,12,19H,1-2,7-10H2. The molecule has 0 aliphatic carbocycles. The number of rotatable bonds is 5. The molecule has 0 bridgehead atoms. The number of anilines is 1. The van der Waals surface area contributed by atoms with E-state index in [1.165, 1.54) is 12.1 Å². The zero-order chi connectivity index (χ0) is 17.1. The van der Waals surface area contributed by atoms with Gasteiger partial charge in [-0.05, 0) is 37.1 Å². The van der Waals surface area contributed by atoms with E-state index in [0.29, 0.717) is 18.8 Å². The van der Waals surface area contributed by atoms with Crippen molar-refractivity contribution in [3.05, 3.63) is 24.3 Å². The molecule has 0 aromatic heterocycles. The van der Waals surface area contributed by atoms with E-state index in [9.17, 15) is 21.6 Å². The first-order chi connectivity index (χ1) is 10.8. The molecule has 23 heavy (non-hydrogen) atoms. The number of halogens is 3. The van der Waals surface area contributed by atoms with E-state index in [1.54, 1.807) is 0 Å². The zero-order valence-electron chi connectivity index (χ0n) is 12.3.